The van der Waals surface area contributed by atoms with Crippen molar-refractivity contribution in [1.29, 1.82) is 0 Å². The molecule has 62 valence electrons. The molecule has 0 aliphatic heterocycles. The predicted molar refractivity (Wildman–Crippen MR) is 40.5 cm³/mol. The van der Waals surface area contributed by atoms with Gasteiger partial charge in [-0.3, -0.25) is 0 Å². The van der Waals surface area contributed by atoms with E-state index in [1.54, 1.807) is 7.05 Å². The van der Waals surface area contributed by atoms with Gasteiger partial charge in [-0.25, -0.2) is 0 Å². The summed E-state index contributed by atoms with van der Waals surface area (Å²) in [6.07, 6.45) is 3.07. The predicted octanol–water partition coefficient (Wildman–Crippen LogP) is -1.92. The van der Waals surface area contributed by atoms with E-state index in [2.05, 4.69) is 6.58 Å². The van der Waals surface area contributed by atoms with Gasteiger partial charge in [0.25, 0.3) is 0 Å². The third-order valence-corrected chi connectivity index (χ3v) is 3.61. The van der Waals surface area contributed by atoms with Crippen LogP contribution < -0.4 is 21.2 Å². The van der Waals surface area contributed by atoms with E-state index in [0.29, 0.717) is 6.54 Å². The van der Waals surface area contributed by atoms with Crippen molar-refractivity contribution in [3.63, 3.8) is 0 Å². The van der Waals surface area contributed by atoms with Gasteiger partial charge in [-0.05, 0) is 0 Å². The fraction of sp³-hybridized carbons (Fsp3) is 0.714. The molecule has 0 fully saturated rings. The molecule has 0 saturated carbocycles. The first-order chi connectivity index (χ1) is 4.77. The monoisotopic (exact) mass is 255 g/mol. The van der Waals surface area contributed by atoms with Gasteiger partial charge in [-0.15, -0.1) is 0 Å². The Morgan fingerprint density at radius 1 is 1.60 bits per heavy atom. The Bertz CT molecular complexity index is 85.7. The van der Waals surface area contributed by atoms with Gasteiger partial charge in [0.15, 0.2) is 0 Å². The molecule has 0 aromatic carbocycles. The summed E-state index contributed by atoms with van der Waals surface area (Å²) < 4.78 is 2.39. The van der Waals surface area contributed by atoms with Crippen LogP contribution in [0.3, 0.4) is 0 Å². The summed E-state index contributed by atoms with van der Waals surface area (Å²) in [6, 6.07) is 0. The zero-order valence-electron chi connectivity index (χ0n) is 6.35. The summed E-state index contributed by atoms with van der Waals surface area (Å²) in [5.41, 5.74) is 0. The second kappa shape index (κ2) is 7.50. The van der Waals surface area contributed by atoms with Crippen LogP contribution in [0, 0.1) is 5.21 Å². The van der Waals surface area contributed by atoms with E-state index >= 15 is 0 Å². The fourth-order valence-electron chi connectivity index (χ4n) is 0.428. The number of allylic oxidation sites excluding steroid dienone is 1. The molecule has 0 aromatic rings. The van der Waals surface area contributed by atoms with Crippen LogP contribution in [-0.2, 0) is 0 Å². The number of hydrogen-bond acceptors (Lipinski definition) is 2. The van der Waals surface area contributed by atoms with Crippen LogP contribution in [0.25, 0.3) is 0 Å². The molecule has 0 aliphatic rings. The summed E-state index contributed by atoms with van der Waals surface area (Å²) in [7, 11) is 1.58. The molecule has 0 radical (unpaired) electrons. The quantitative estimate of drug-likeness (QED) is 0.182. The van der Waals surface area contributed by atoms with Crippen LogP contribution in [0.1, 0.15) is 6.42 Å². The van der Waals surface area contributed by atoms with Crippen LogP contribution >= 0.6 is 0 Å². The number of hydroxylamine groups is 2. The molecule has 0 spiro atoms. The van der Waals surface area contributed by atoms with E-state index in [1.807, 2.05) is 6.08 Å². The Labute approximate surface area is 73.1 Å². The second-order valence-corrected chi connectivity index (χ2v) is 5.23. The fourth-order valence-corrected chi connectivity index (χ4v) is 2.87. The Hall–Kier alpha value is 0.390. The van der Waals surface area contributed by atoms with Crippen molar-refractivity contribution in [2.75, 3.05) is 22.4 Å². The van der Waals surface area contributed by atoms with Crippen molar-refractivity contribution in [1.82, 2.24) is 5.06 Å². The van der Waals surface area contributed by atoms with Gasteiger partial charge in [-0.2, -0.15) is 0 Å². The minimum atomic E-state index is 0.272. The molecule has 0 unspecified atom stereocenters. The maximum absolute atomic E-state index is 10.4. The van der Waals surface area contributed by atoms with Crippen molar-refractivity contribution in [2.45, 2.75) is 6.42 Å². The van der Waals surface area contributed by atoms with Gasteiger partial charge in [0, 0.05) is 0 Å². The average Bonchev–Trinajstić information content (AvgIpc) is 1.87. The topological polar surface area (TPSA) is 26.3 Å². The van der Waals surface area contributed by atoms with Gasteiger partial charge < -0.3 is 0 Å². The molecule has 0 bridgehead atoms. The van der Waals surface area contributed by atoms with Gasteiger partial charge in [0.2, 0.25) is 0 Å². The average molecular weight is 255 g/mol. The van der Waals surface area contributed by atoms with Crippen LogP contribution in [0.15, 0.2) is 12.7 Å². The number of alkyl halides is 2. The summed E-state index contributed by atoms with van der Waals surface area (Å²) in [5, 5.41) is 11.4. The number of nitrogens with zero attached hydrogens (tertiary/aromatic N) is 1. The minimum absolute atomic E-state index is 0.272. The molecule has 10 heavy (non-hydrogen) atoms. The van der Waals surface area contributed by atoms with Crippen molar-refractivity contribution in [3.8, 4) is 0 Å². The summed E-state index contributed by atoms with van der Waals surface area (Å²) >= 11 is 0.272. The maximum atomic E-state index is 10.4. The molecule has 0 heterocycles. The second-order valence-electron chi connectivity index (χ2n) is 2.00. The molecule has 0 saturated heterocycles. The molecule has 0 rings (SSSR count). The van der Waals surface area contributed by atoms with Crippen LogP contribution in [-0.4, -0.2) is 27.5 Å². The normalized spacial score (nSPS) is 10.7. The summed E-state index contributed by atoms with van der Waals surface area (Å²) in [6.45, 7) is 4.35. The zero-order chi connectivity index (χ0) is 7.82. The molecule has 3 heteroatoms. The van der Waals surface area contributed by atoms with Crippen molar-refractivity contribution < 1.29 is 21.2 Å². The molecular formula is C7H14INO-2. The van der Waals surface area contributed by atoms with Gasteiger partial charge in [0.1, 0.15) is 0 Å². The Morgan fingerprint density at radius 3 is 2.80 bits per heavy atom. The van der Waals surface area contributed by atoms with Crippen LogP contribution in [0.2, 0.25) is 0 Å². The number of rotatable bonds is 6. The van der Waals surface area contributed by atoms with E-state index in [1.165, 1.54) is 4.43 Å². The first-order valence-corrected chi connectivity index (χ1v) is 6.35. The van der Waals surface area contributed by atoms with Crippen molar-refractivity contribution in [3.05, 3.63) is 17.9 Å². The van der Waals surface area contributed by atoms with Gasteiger partial charge in [-0.1, -0.05) is 0 Å². The van der Waals surface area contributed by atoms with Crippen LogP contribution in [0.4, 0.5) is 0 Å². The third-order valence-electron chi connectivity index (χ3n) is 0.980. The molecule has 0 amide bonds. The van der Waals surface area contributed by atoms with Gasteiger partial charge in [0.05, 0.1) is 0 Å². The molecule has 0 atom stereocenters. The van der Waals surface area contributed by atoms with E-state index in [4.69, 9.17) is 0 Å². The molecular weight excluding hydrogens is 241 g/mol. The number of halogens is 1. The third kappa shape index (κ3) is 8.39. The van der Waals surface area contributed by atoms with E-state index in [-0.39, 0.29) is 21.2 Å². The first-order valence-electron chi connectivity index (χ1n) is 3.30. The summed E-state index contributed by atoms with van der Waals surface area (Å²) in [4.78, 5) is 0. The molecule has 2 nitrogen and oxygen atoms in total. The number of hydrogen-bond donors (Lipinski definition) is 0. The van der Waals surface area contributed by atoms with Gasteiger partial charge >= 0.3 is 73.0 Å². The standard InChI is InChI=1S/C7H14INO/c1-3-4-5-8-6-7-9(2)10/h3H,1,4-7H2,2H3/q-2. The van der Waals surface area contributed by atoms with E-state index < -0.39 is 0 Å². The van der Waals surface area contributed by atoms with E-state index in [0.717, 1.165) is 15.9 Å². The molecule has 0 aromatic heterocycles. The molecule has 0 N–H and O–H groups in total. The molecule has 0 aliphatic carbocycles. The van der Waals surface area contributed by atoms with Crippen molar-refractivity contribution >= 4 is 0 Å². The first kappa shape index (κ1) is 10.4. The SMILES string of the molecule is C=CCC[I-]CCN(C)[O-]. The Balaban J connectivity index is 2.83. The van der Waals surface area contributed by atoms with E-state index in [9.17, 15) is 5.21 Å². The van der Waals surface area contributed by atoms with Crippen LogP contribution in [0.5, 0.6) is 0 Å². The Morgan fingerprint density at radius 2 is 2.30 bits per heavy atom. The Kier molecular flexibility index (Phi) is 7.79. The zero-order valence-corrected chi connectivity index (χ0v) is 8.50. The van der Waals surface area contributed by atoms with Crippen molar-refractivity contribution in [2.24, 2.45) is 0 Å². The summed E-state index contributed by atoms with van der Waals surface area (Å²) in [5.74, 6) is 0.